The van der Waals surface area contributed by atoms with Crippen LogP contribution < -0.4 is 9.46 Å². The molecule has 10 heteroatoms. The van der Waals surface area contributed by atoms with Crippen molar-refractivity contribution >= 4 is 44.9 Å². The van der Waals surface area contributed by atoms with Crippen molar-refractivity contribution in [3.8, 4) is 22.6 Å². The minimum Gasteiger partial charge on any atom is -0.505 e. The third kappa shape index (κ3) is 5.09. The second kappa shape index (κ2) is 8.90. The largest absolute Gasteiger partial charge is 0.505 e. The number of benzene rings is 3. The number of anilines is 1. The van der Waals surface area contributed by atoms with Crippen LogP contribution >= 0.6 is 23.2 Å². The number of phenolic OH excluding ortho intramolecular Hbond substituents is 1. The number of rotatable bonds is 7. The van der Waals surface area contributed by atoms with Gasteiger partial charge in [-0.3, -0.25) is 4.72 Å². The average molecular weight is 496 g/mol. The van der Waals surface area contributed by atoms with Gasteiger partial charge in [-0.25, -0.2) is 13.2 Å². The van der Waals surface area contributed by atoms with Gasteiger partial charge >= 0.3 is 5.97 Å². The summed E-state index contributed by atoms with van der Waals surface area (Å²) in [7, 11) is -4.38. The lowest BCUT2D eigenvalue weighted by Gasteiger charge is -2.24. The highest BCUT2D eigenvalue weighted by molar-refractivity contribution is 7.92. The van der Waals surface area contributed by atoms with E-state index in [-0.39, 0.29) is 21.5 Å². The van der Waals surface area contributed by atoms with E-state index in [9.17, 15) is 23.4 Å². The number of hydrogen-bond donors (Lipinski definition) is 3. The first-order valence-electron chi connectivity index (χ1n) is 9.23. The van der Waals surface area contributed by atoms with Gasteiger partial charge < -0.3 is 14.9 Å². The molecule has 3 aromatic carbocycles. The Hall–Kier alpha value is -2.94. The molecule has 3 N–H and O–H groups in total. The molecule has 168 valence electrons. The van der Waals surface area contributed by atoms with Crippen LogP contribution in [0.5, 0.6) is 11.5 Å². The predicted octanol–water partition coefficient (Wildman–Crippen LogP) is 5.41. The third-order valence-corrected chi connectivity index (χ3v) is 6.38. The van der Waals surface area contributed by atoms with Crippen molar-refractivity contribution in [3.05, 3.63) is 70.7 Å². The van der Waals surface area contributed by atoms with Gasteiger partial charge in [0, 0.05) is 5.02 Å². The molecular weight excluding hydrogens is 477 g/mol. The average Bonchev–Trinajstić information content (AvgIpc) is 2.72. The molecule has 0 bridgehead atoms. The third-order valence-electron chi connectivity index (χ3n) is 4.49. The Morgan fingerprint density at radius 2 is 1.66 bits per heavy atom. The zero-order valence-corrected chi connectivity index (χ0v) is 19.3. The van der Waals surface area contributed by atoms with Gasteiger partial charge in [0.2, 0.25) is 0 Å². The summed E-state index contributed by atoms with van der Waals surface area (Å²) in [5.74, 6) is -1.93. The highest BCUT2D eigenvalue weighted by Gasteiger charge is 2.31. The summed E-state index contributed by atoms with van der Waals surface area (Å²) in [5, 5.41) is 19.4. The summed E-state index contributed by atoms with van der Waals surface area (Å²) in [5.41, 5.74) is -0.227. The monoisotopic (exact) mass is 495 g/mol. The first-order chi connectivity index (χ1) is 14.9. The van der Waals surface area contributed by atoms with Crippen LogP contribution in [0.15, 0.2) is 65.6 Å². The van der Waals surface area contributed by atoms with Crippen LogP contribution in [-0.2, 0) is 14.8 Å². The highest BCUT2D eigenvalue weighted by Crippen LogP contribution is 2.38. The SMILES string of the molecule is CC(C)(Oc1ccc(-c2ccccc2)cc1NS(=O)(=O)c1cc(Cl)cc(Cl)c1O)C(=O)O. The van der Waals surface area contributed by atoms with E-state index in [1.165, 1.54) is 32.0 Å². The number of halogens is 2. The fraction of sp³-hybridized carbons (Fsp3) is 0.136. The van der Waals surface area contributed by atoms with Gasteiger partial charge in [0.25, 0.3) is 10.0 Å². The van der Waals surface area contributed by atoms with Crippen molar-refractivity contribution in [2.75, 3.05) is 4.72 Å². The van der Waals surface area contributed by atoms with E-state index < -0.39 is 32.2 Å². The van der Waals surface area contributed by atoms with E-state index in [0.717, 1.165) is 11.6 Å². The molecule has 0 atom stereocenters. The lowest BCUT2D eigenvalue weighted by molar-refractivity contribution is -0.152. The van der Waals surface area contributed by atoms with E-state index in [2.05, 4.69) is 4.72 Å². The van der Waals surface area contributed by atoms with Crippen molar-refractivity contribution in [1.82, 2.24) is 0 Å². The summed E-state index contributed by atoms with van der Waals surface area (Å²) in [6.45, 7) is 2.67. The van der Waals surface area contributed by atoms with Gasteiger partial charge in [-0.15, -0.1) is 0 Å². The quantitative estimate of drug-likeness (QED) is 0.403. The molecule has 0 spiro atoms. The topological polar surface area (TPSA) is 113 Å². The summed E-state index contributed by atoms with van der Waals surface area (Å²) >= 11 is 11.8. The Morgan fingerprint density at radius 3 is 2.28 bits per heavy atom. The minimum absolute atomic E-state index is 0.00898. The number of hydrogen-bond acceptors (Lipinski definition) is 5. The molecule has 3 rings (SSSR count). The molecule has 0 aromatic heterocycles. The van der Waals surface area contributed by atoms with Gasteiger partial charge in [0.05, 0.1) is 10.7 Å². The number of nitrogens with one attached hydrogen (secondary N) is 1. The molecular formula is C22H19Cl2NO6S. The van der Waals surface area contributed by atoms with Crippen molar-refractivity contribution in [2.45, 2.75) is 24.3 Å². The van der Waals surface area contributed by atoms with Crippen LogP contribution in [0.25, 0.3) is 11.1 Å². The van der Waals surface area contributed by atoms with Crippen LogP contribution in [0.1, 0.15) is 13.8 Å². The van der Waals surface area contributed by atoms with Gasteiger partial charge in [0.1, 0.15) is 10.6 Å². The van der Waals surface area contributed by atoms with Crippen LogP contribution in [0.4, 0.5) is 5.69 Å². The Kier molecular flexibility index (Phi) is 6.59. The summed E-state index contributed by atoms with van der Waals surface area (Å²) < 4.78 is 34.1. The molecule has 0 amide bonds. The summed E-state index contributed by atoms with van der Waals surface area (Å²) in [4.78, 5) is 11.0. The zero-order valence-electron chi connectivity index (χ0n) is 17.0. The molecule has 32 heavy (non-hydrogen) atoms. The van der Waals surface area contributed by atoms with Crippen molar-refractivity contribution < 1.29 is 28.2 Å². The number of sulfonamides is 1. The lowest BCUT2D eigenvalue weighted by Crippen LogP contribution is -2.38. The number of carboxylic acid groups (broad SMARTS) is 1. The number of ether oxygens (including phenoxy) is 1. The highest BCUT2D eigenvalue weighted by atomic mass is 35.5. The second-order valence-corrected chi connectivity index (χ2v) is 9.83. The maximum atomic E-state index is 13.1. The minimum atomic E-state index is -4.38. The van der Waals surface area contributed by atoms with E-state index in [4.69, 9.17) is 27.9 Å². The molecule has 0 radical (unpaired) electrons. The molecule has 0 heterocycles. The van der Waals surface area contributed by atoms with Crippen molar-refractivity contribution in [3.63, 3.8) is 0 Å². The van der Waals surface area contributed by atoms with E-state index >= 15 is 0 Å². The normalized spacial score (nSPS) is 11.8. The number of carbonyl (C=O) groups is 1. The fourth-order valence-electron chi connectivity index (χ4n) is 2.77. The first-order valence-corrected chi connectivity index (χ1v) is 11.5. The van der Waals surface area contributed by atoms with Crippen LogP contribution in [-0.4, -0.2) is 30.2 Å². The van der Waals surface area contributed by atoms with E-state index in [1.807, 2.05) is 30.3 Å². The fourth-order valence-corrected chi connectivity index (χ4v) is 4.59. The Balaban J connectivity index is 2.12. The maximum Gasteiger partial charge on any atom is 0.347 e. The number of carboxylic acids is 1. The maximum absolute atomic E-state index is 13.1. The standard InChI is InChI=1S/C22H19Cl2NO6S/c1-22(2,21(27)28)31-18-9-8-14(13-6-4-3-5-7-13)10-17(18)25-32(29,30)19-12-15(23)11-16(24)20(19)26/h3-12,25-26H,1-2H3,(H,27,28). The number of aliphatic carboxylic acids is 1. The predicted molar refractivity (Wildman–Crippen MR) is 123 cm³/mol. The molecule has 0 aliphatic carbocycles. The molecule has 3 aromatic rings. The van der Waals surface area contributed by atoms with Crippen LogP contribution in [0.3, 0.4) is 0 Å². The lowest BCUT2D eigenvalue weighted by atomic mass is 10.0. The Bertz CT molecular complexity index is 1280. The molecule has 0 saturated carbocycles. The van der Waals surface area contributed by atoms with E-state index in [0.29, 0.717) is 5.56 Å². The smallest absolute Gasteiger partial charge is 0.347 e. The van der Waals surface area contributed by atoms with E-state index in [1.54, 1.807) is 6.07 Å². The molecule has 0 unspecified atom stereocenters. The zero-order chi connectivity index (χ0) is 23.7. The molecule has 0 fully saturated rings. The second-order valence-electron chi connectivity index (χ2n) is 7.33. The first kappa shape index (κ1) is 23.7. The molecule has 7 nitrogen and oxygen atoms in total. The van der Waals surface area contributed by atoms with Crippen LogP contribution in [0.2, 0.25) is 10.0 Å². The van der Waals surface area contributed by atoms with Gasteiger partial charge in [-0.1, -0.05) is 59.6 Å². The Labute approximate surface area is 195 Å². The van der Waals surface area contributed by atoms with Gasteiger partial charge in [0.15, 0.2) is 11.4 Å². The van der Waals surface area contributed by atoms with Crippen molar-refractivity contribution in [2.24, 2.45) is 0 Å². The van der Waals surface area contributed by atoms with Gasteiger partial charge in [-0.2, -0.15) is 0 Å². The van der Waals surface area contributed by atoms with Crippen molar-refractivity contribution in [1.29, 1.82) is 0 Å². The number of phenols is 1. The number of aromatic hydroxyl groups is 1. The summed E-state index contributed by atoms with van der Waals surface area (Å²) in [6, 6.07) is 16.0. The molecule has 0 saturated heterocycles. The molecule has 0 aliphatic rings. The van der Waals surface area contributed by atoms with Gasteiger partial charge in [-0.05, 0) is 49.2 Å². The summed E-state index contributed by atoms with van der Waals surface area (Å²) in [6.07, 6.45) is 0. The van der Waals surface area contributed by atoms with Crippen LogP contribution in [0, 0.1) is 0 Å². The Morgan fingerprint density at radius 1 is 1.00 bits per heavy atom. The molecule has 0 aliphatic heterocycles.